The number of nitrogens with zero attached hydrogens (tertiary/aromatic N) is 5. The first-order valence-electron chi connectivity index (χ1n) is 8.29. The van der Waals surface area contributed by atoms with Crippen LogP contribution >= 0.6 is 35.3 Å². The maximum atomic E-state index is 11.7. The van der Waals surface area contributed by atoms with Gasteiger partial charge in [0.15, 0.2) is 5.96 Å². The zero-order chi connectivity index (χ0) is 17.5. The normalized spacial score (nSPS) is 15.7. The lowest BCUT2D eigenvalue weighted by Crippen LogP contribution is -2.52. The van der Waals surface area contributed by atoms with Crippen LogP contribution in [0.25, 0.3) is 0 Å². The van der Waals surface area contributed by atoms with Gasteiger partial charge in [-0.05, 0) is 6.92 Å². The molecule has 1 amide bonds. The molecule has 25 heavy (non-hydrogen) atoms. The van der Waals surface area contributed by atoms with Crippen LogP contribution in [0.5, 0.6) is 0 Å². The van der Waals surface area contributed by atoms with Crippen LogP contribution in [-0.2, 0) is 11.3 Å². The number of carbonyl (C=O) groups is 1. The number of hydrogen-bond acceptors (Lipinski definition) is 5. The van der Waals surface area contributed by atoms with Crippen LogP contribution in [0.4, 0.5) is 0 Å². The van der Waals surface area contributed by atoms with Gasteiger partial charge in [-0.25, -0.2) is 4.98 Å². The van der Waals surface area contributed by atoms with E-state index in [9.17, 15) is 4.79 Å². The fourth-order valence-electron chi connectivity index (χ4n) is 2.65. The van der Waals surface area contributed by atoms with Crippen molar-refractivity contribution in [2.75, 3.05) is 53.9 Å². The van der Waals surface area contributed by atoms with E-state index in [1.54, 1.807) is 30.3 Å². The Morgan fingerprint density at radius 1 is 1.36 bits per heavy atom. The van der Waals surface area contributed by atoms with Crippen molar-refractivity contribution in [3.05, 3.63) is 16.1 Å². The molecule has 0 bridgehead atoms. The second kappa shape index (κ2) is 10.9. The minimum atomic E-state index is 0. The number of aryl methyl sites for hydroxylation is 1. The number of aliphatic imine (C=N–C) groups is 1. The summed E-state index contributed by atoms with van der Waals surface area (Å²) in [5, 5.41) is 4.50. The molecule has 0 radical (unpaired) electrons. The maximum absolute atomic E-state index is 11.7. The number of thiazole rings is 1. The lowest BCUT2D eigenvalue weighted by Gasteiger charge is -2.36. The summed E-state index contributed by atoms with van der Waals surface area (Å²) < 4.78 is 0. The molecule has 2 heterocycles. The molecule has 0 unspecified atom stereocenters. The summed E-state index contributed by atoms with van der Waals surface area (Å²) in [6.07, 6.45) is 2.50. The number of rotatable bonds is 5. The van der Waals surface area contributed by atoms with Crippen molar-refractivity contribution in [1.29, 1.82) is 0 Å². The fourth-order valence-corrected chi connectivity index (χ4v) is 3.38. The average Bonchev–Trinajstić information content (AvgIpc) is 2.99. The van der Waals surface area contributed by atoms with Crippen LogP contribution in [0, 0.1) is 6.92 Å². The summed E-state index contributed by atoms with van der Waals surface area (Å²) in [5.41, 5.74) is 0. The molecule has 0 saturated carbocycles. The van der Waals surface area contributed by atoms with E-state index in [2.05, 4.69) is 25.1 Å². The van der Waals surface area contributed by atoms with Gasteiger partial charge in [-0.1, -0.05) is 0 Å². The van der Waals surface area contributed by atoms with Crippen LogP contribution < -0.4 is 5.32 Å². The van der Waals surface area contributed by atoms with E-state index >= 15 is 0 Å². The largest absolute Gasteiger partial charge is 0.351 e. The Kier molecular flexibility index (Phi) is 9.65. The number of carbonyl (C=O) groups excluding carboxylic acids is 1. The summed E-state index contributed by atoms with van der Waals surface area (Å²) in [7, 11) is 5.43. The van der Waals surface area contributed by atoms with E-state index in [0.29, 0.717) is 6.42 Å². The van der Waals surface area contributed by atoms with E-state index in [0.717, 1.165) is 50.2 Å². The molecule has 1 fully saturated rings. The molecule has 9 heteroatoms. The van der Waals surface area contributed by atoms with E-state index < -0.39 is 0 Å². The lowest BCUT2D eigenvalue weighted by atomic mass is 10.3. The molecule has 1 aliphatic rings. The molecule has 1 aromatic heterocycles. The van der Waals surface area contributed by atoms with Gasteiger partial charge in [0, 0.05) is 71.4 Å². The summed E-state index contributed by atoms with van der Waals surface area (Å²) in [5.74, 6) is 1.12. The Balaban J connectivity index is 0.00000312. The van der Waals surface area contributed by atoms with Crippen molar-refractivity contribution < 1.29 is 4.79 Å². The van der Waals surface area contributed by atoms with Crippen LogP contribution in [0.3, 0.4) is 0 Å². The molecule has 0 spiro atoms. The number of amides is 1. The molecule has 2 rings (SSSR count). The Hall–Kier alpha value is -0.940. The van der Waals surface area contributed by atoms with E-state index in [1.165, 1.54) is 4.88 Å². The van der Waals surface area contributed by atoms with Gasteiger partial charge in [0.05, 0.1) is 11.6 Å². The molecule has 7 nitrogen and oxygen atoms in total. The van der Waals surface area contributed by atoms with E-state index in [-0.39, 0.29) is 29.9 Å². The lowest BCUT2D eigenvalue weighted by molar-refractivity contribution is -0.129. The minimum absolute atomic E-state index is 0. The second-order valence-electron chi connectivity index (χ2n) is 6.11. The van der Waals surface area contributed by atoms with Crippen molar-refractivity contribution in [2.24, 2.45) is 4.99 Å². The highest BCUT2D eigenvalue weighted by atomic mass is 127. The Morgan fingerprint density at radius 2 is 2.04 bits per heavy atom. The van der Waals surface area contributed by atoms with Gasteiger partial charge in [-0.3, -0.25) is 14.7 Å². The van der Waals surface area contributed by atoms with Crippen molar-refractivity contribution in [1.82, 2.24) is 25.0 Å². The minimum Gasteiger partial charge on any atom is -0.351 e. The summed E-state index contributed by atoms with van der Waals surface area (Å²) in [4.78, 5) is 27.8. The number of halogens is 1. The van der Waals surface area contributed by atoms with Gasteiger partial charge in [0.1, 0.15) is 0 Å². The highest BCUT2D eigenvalue weighted by molar-refractivity contribution is 14.0. The molecular weight excluding hydrogens is 451 g/mol. The third kappa shape index (κ3) is 7.06. The predicted octanol–water partition coefficient (Wildman–Crippen LogP) is 1.24. The Labute approximate surface area is 171 Å². The number of hydrogen-bond donors (Lipinski definition) is 1. The van der Waals surface area contributed by atoms with Crippen molar-refractivity contribution in [3.63, 3.8) is 0 Å². The first-order chi connectivity index (χ1) is 11.5. The molecule has 1 aromatic rings. The third-order valence-electron chi connectivity index (χ3n) is 4.11. The van der Waals surface area contributed by atoms with Crippen LogP contribution in [0.1, 0.15) is 16.3 Å². The van der Waals surface area contributed by atoms with Crippen molar-refractivity contribution >= 4 is 47.2 Å². The number of guanidine groups is 1. The molecule has 0 aromatic carbocycles. The fraction of sp³-hybridized carbons (Fsp3) is 0.688. The average molecular weight is 480 g/mol. The topological polar surface area (TPSA) is 64.1 Å². The summed E-state index contributed by atoms with van der Waals surface area (Å²) in [6, 6.07) is 0. The monoisotopic (exact) mass is 480 g/mol. The van der Waals surface area contributed by atoms with Crippen LogP contribution in [0.15, 0.2) is 11.2 Å². The zero-order valence-corrected chi connectivity index (χ0v) is 18.6. The molecule has 0 aliphatic carbocycles. The predicted molar refractivity (Wildman–Crippen MR) is 114 cm³/mol. The number of nitrogens with one attached hydrogen (secondary N) is 1. The van der Waals surface area contributed by atoms with Gasteiger partial charge in [-0.2, -0.15) is 0 Å². The Bertz CT molecular complexity index is 569. The molecule has 1 N–H and O–H groups in total. The van der Waals surface area contributed by atoms with Gasteiger partial charge in [0.2, 0.25) is 5.91 Å². The SMILES string of the molecule is CN=C(NCc1cnc(C)s1)N1CCN(CCC(=O)N(C)C)CC1.I. The highest BCUT2D eigenvalue weighted by Crippen LogP contribution is 2.11. The van der Waals surface area contributed by atoms with Gasteiger partial charge >= 0.3 is 0 Å². The Morgan fingerprint density at radius 3 is 2.56 bits per heavy atom. The molecule has 0 atom stereocenters. The third-order valence-corrected chi connectivity index (χ3v) is 5.03. The molecule has 142 valence electrons. The highest BCUT2D eigenvalue weighted by Gasteiger charge is 2.20. The molecular formula is C16H29IN6OS. The number of aromatic nitrogens is 1. The second-order valence-corrected chi connectivity index (χ2v) is 7.43. The van der Waals surface area contributed by atoms with E-state index in [4.69, 9.17) is 0 Å². The quantitative estimate of drug-likeness (QED) is 0.391. The number of piperazine rings is 1. The van der Waals surface area contributed by atoms with Gasteiger partial charge < -0.3 is 15.1 Å². The standard InChI is InChI=1S/C16H28N6OS.HI/c1-13-18-11-14(24-13)12-19-16(17-2)22-9-7-21(8-10-22)6-5-15(23)20(3)4;/h11H,5-10,12H2,1-4H3,(H,17,19);1H. The van der Waals surface area contributed by atoms with Gasteiger partial charge in [-0.15, -0.1) is 35.3 Å². The molecule has 1 aliphatic heterocycles. The summed E-state index contributed by atoms with van der Waals surface area (Å²) in [6.45, 7) is 7.38. The van der Waals surface area contributed by atoms with Crippen molar-refractivity contribution in [2.45, 2.75) is 19.9 Å². The maximum Gasteiger partial charge on any atom is 0.223 e. The van der Waals surface area contributed by atoms with Crippen LogP contribution in [0.2, 0.25) is 0 Å². The van der Waals surface area contributed by atoms with Gasteiger partial charge in [0.25, 0.3) is 0 Å². The first kappa shape index (κ1) is 22.1. The smallest absolute Gasteiger partial charge is 0.223 e. The van der Waals surface area contributed by atoms with Crippen LogP contribution in [-0.4, -0.2) is 85.4 Å². The van der Waals surface area contributed by atoms with Crippen molar-refractivity contribution in [3.8, 4) is 0 Å². The zero-order valence-electron chi connectivity index (χ0n) is 15.5. The van der Waals surface area contributed by atoms with E-state index in [1.807, 2.05) is 20.2 Å². The first-order valence-corrected chi connectivity index (χ1v) is 9.10. The summed E-state index contributed by atoms with van der Waals surface area (Å²) >= 11 is 1.71. The molecule has 1 saturated heterocycles.